The first kappa shape index (κ1) is 14.8. The largest absolute Gasteiger partial charge is 0.236 e. The van der Waals surface area contributed by atoms with Crippen LogP contribution in [0, 0.1) is 0 Å². The maximum Gasteiger partial charge on any atom is 0.159 e. The minimum Gasteiger partial charge on any atom is -0.236 e. The summed E-state index contributed by atoms with van der Waals surface area (Å²) in [5, 5.41) is 3.52. The fourth-order valence-electron chi connectivity index (χ4n) is 3.04. The monoisotopic (exact) mass is 312 g/mol. The molecule has 0 spiro atoms. The molecule has 0 saturated heterocycles. The van der Waals surface area contributed by atoms with Gasteiger partial charge in [-0.1, -0.05) is 75.4 Å². The van der Waals surface area contributed by atoms with Crippen LogP contribution in [0.2, 0.25) is 0 Å². The number of nitrogens with zero attached hydrogens (tertiary/aromatic N) is 2. The van der Waals surface area contributed by atoms with Crippen molar-refractivity contribution in [3.63, 3.8) is 0 Å². The van der Waals surface area contributed by atoms with E-state index in [4.69, 9.17) is 4.98 Å². The quantitative estimate of drug-likeness (QED) is 0.418. The van der Waals surface area contributed by atoms with Gasteiger partial charge in [0.15, 0.2) is 5.82 Å². The summed E-state index contributed by atoms with van der Waals surface area (Å²) in [5.74, 6) is 0.776. The molecular formula is C22H20N2. The molecule has 0 amide bonds. The Morgan fingerprint density at radius 2 is 1.50 bits per heavy atom. The van der Waals surface area contributed by atoms with E-state index in [1.54, 1.807) is 0 Å². The van der Waals surface area contributed by atoms with E-state index in [9.17, 15) is 0 Å². The zero-order chi connectivity index (χ0) is 16.7. The minimum absolute atomic E-state index is 0.154. The van der Waals surface area contributed by atoms with Gasteiger partial charge in [0, 0.05) is 17.1 Å². The molecule has 1 heterocycles. The van der Waals surface area contributed by atoms with Crippen LogP contribution < -0.4 is 0 Å². The first-order chi connectivity index (χ1) is 11.5. The van der Waals surface area contributed by atoms with E-state index in [0.29, 0.717) is 0 Å². The third-order valence-corrected chi connectivity index (χ3v) is 4.50. The lowest BCUT2D eigenvalue weighted by molar-refractivity contribution is 0.590. The van der Waals surface area contributed by atoms with E-state index >= 15 is 0 Å². The third kappa shape index (κ3) is 2.54. The first-order valence-electron chi connectivity index (χ1n) is 8.28. The van der Waals surface area contributed by atoms with Crippen LogP contribution in [0.1, 0.15) is 26.3 Å². The highest BCUT2D eigenvalue weighted by Gasteiger charge is 2.13. The highest BCUT2D eigenvalue weighted by Crippen LogP contribution is 2.27. The summed E-state index contributed by atoms with van der Waals surface area (Å²) < 4.78 is 0. The van der Waals surface area contributed by atoms with Crippen molar-refractivity contribution in [3.8, 4) is 11.4 Å². The van der Waals surface area contributed by atoms with Crippen LogP contribution in [0.3, 0.4) is 0 Å². The van der Waals surface area contributed by atoms with E-state index in [-0.39, 0.29) is 5.41 Å². The molecule has 0 atom stereocenters. The van der Waals surface area contributed by atoms with Crippen LogP contribution in [-0.2, 0) is 5.41 Å². The predicted octanol–water partition coefficient (Wildman–Crippen LogP) is 5.75. The molecule has 3 aromatic carbocycles. The Labute approximate surface area is 142 Å². The zero-order valence-electron chi connectivity index (χ0n) is 14.2. The van der Waals surface area contributed by atoms with Gasteiger partial charge >= 0.3 is 0 Å². The van der Waals surface area contributed by atoms with Crippen molar-refractivity contribution in [1.29, 1.82) is 0 Å². The Morgan fingerprint density at radius 1 is 0.750 bits per heavy atom. The van der Waals surface area contributed by atoms with Crippen LogP contribution in [0.4, 0.5) is 0 Å². The van der Waals surface area contributed by atoms with Gasteiger partial charge in [-0.05, 0) is 27.8 Å². The van der Waals surface area contributed by atoms with Gasteiger partial charge in [-0.2, -0.15) is 0 Å². The van der Waals surface area contributed by atoms with Crippen molar-refractivity contribution in [2.24, 2.45) is 0 Å². The van der Waals surface area contributed by atoms with Gasteiger partial charge < -0.3 is 0 Å². The van der Waals surface area contributed by atoms with E-state index in [0.717, 1.165) is 22.3 Å². The van der Waals surface area contributed by atoms with Crippen molar-refractivity contribution in [3.05, 3.63) is 72.4 Å². The number of benzene rings is 3. The van der Waals surface area contributed by atoms with Crippen LogP contribution in [0.25, 0.3) is 33.1 Å². The van der Waals surface area contributed by atoms with Crippen LogP contribution in [-0.4, -0.2) is 9.97 Å². The molecule has 0 aliphatic heterocycles. The summed E-state index contributed by atoms with van der Waals surface area (Å²) in [6, 6.07) is 21.1. The lowest BCUT2D eigenvalue weighted by Gasteiger charge is -2.19. The average Bonchev–Trinajstić information content (AvgIpc) is 2.60. The minimum atomic E-state index is 0.154. The van der Waals surface area contributed by atoms with E-state index in [2.05, 4.69) is 86.4 Å². The molecule has 0 bridgehead atoms. The van der Waals surface area contributed by atoms with Crippen molar-refractivity contribution < 1.29 is 0 Å². The Bertz CT molecular complexity index is 1030. The molecule has 2 heteroatoms. The molecule has 118 valence electrons. The standard InChI is InChI=1S/C22H20N2/c1-22(2,3)17-11-8-16(9-12-17)21-23-14-19-18-7-5-4-6-15(18)10-13-20(19)24-21/h4-14H,1-3H3. The van der Waals surface area contributed by atoms with Crippen LogP contribution >= 0.6 is 0 Å². The summed E-state index contributed by atoms with van der Waals surface area (Å²) in [4.78, 5) is 9.38. The number of fused-ring (bicyclic) bond motifs is 3. The Balaban J connectivity index is 1.82. The zero-order valence-corrected chi connectivity index (χ0v) is 14.2. The van der Waals surface area contributed by atoms with Crippen molar-refractivity contribution >= 4 is 21.7 Å². The number of hydrogen-bond donors (Lipinski definition) is 0. The summed E-state index contributed by atoms with van der Waals surface area (Å²) in [6.45, 7) is 6.67. The lowest BCUT2D eigenvalue weighted by Crippen LogP contribution is -2.10. The second-order valence-electron chi connectivity index (χ2n) is 7.24. The maximum atomic E-state index is 4.78. The van der Waals surface area contributed by atoms with Gasteiger partial charge in [0.2, 0.25) is 0 Å². The summed E-state index contributed by atoms with van der Waals surface area (Å²) >= 11 is 0. The molecule has 0 N–H and O–H groups in total. The second-order valence-corrected chi connectivity index (χ2v) is 7.24. The molecule has 0 aliphatic rings. The number of hydrogen-bond acceptors (Lipinski definition) is 2. The van der Waals surface area contributed by atoms with E-state index in [1.165, 1.54) is 16.3 Å². The highest BCUT2D eigenvalue weighted by molar-refractivity contribution is 6.05. The molecule has 24 heavy (non-hydrogen) atoms. The maximum absolute atomic E-state index is 4.78. The third-order valence-electron chi connectivity index (χ3n) is 4.50. The number of rotatable bonds is 1. The summed E-state index contributed by atoms with van der Waals surface area (Å²) in [6.07, 6.45) is 1.94. The number of aromatic nitrogens is 2. The van der Waals surface area contributed by atoms with Gasteiger partial charge in [0.1, 0.15) is 0 Å². The normalized spacial score (nSPS) is 12.0. The highest BCUT2D eigenvalue weighted by atomic mass is 14.9. The summed E-state index contributed by atoms with van der Waals surface area (Å²) in [5.41, 5.74) is 3.51. The molecule has 4 aromatic rings. The molecule has 4 rings (SSSR count). The average molecular weight is 312 g/mol. The molecule has 0 radical (unpaired) electrons. The predicted molar refractivity (Wildman–Crippen MR) is 101 cm³/mol. The fraction of sp³-hybridized carbons (Fsp3) is 0.182. The smallest absolute Gasteiger partial charge is 0.159 e. The molecule has 0 fully saturated rings. The van der Waals surface area contributed by atoms with Crippen LogP contribution in [0.15, 0.2) is 66.9 Å². The molecule has 0 unspecified atom stereocenters. The molecule has 0 saturated carbocycles. The first-order valence-corrected chi connectivity index (χ1v) is 8.28. The second kappa shape index (κ2) is 5.41. The Kier molecular flexibility index (Phi) is 3.34. The Hall–Kier alpha value is -2.74. The van der Waals surface area contributed by atoms with Gasteiger partial charge in [0.25, 0.3) is 0 Å². The van der Waals surface area contributed by atoms with Gasteiger partial charge in [0.05, 0.1) is 5.52 Å². The van der Waals surface area contributed by atoms with E-state index < -0.39 is 0 Å². The van der Waals surface area contributed by atoms with Crippen molar-refractivity contribution in [2.45, 2.75) is 26.2 Å². The molecule has 1 aromatic heterocycles. The topological polar surface area (TPSA) is 25.8 Å². The van der Waals surface area contributed by atoms with Crippen molar-refractivity contribution in [1.82, 2.24) is 9.97 Å². The van der Waals surface area contributed by atoms with Crippen LogP contribution in [0.5, 0.6) is 0 Å². The van der Waals surface area contributed by atoms with Gasteiger partial charge in [-0.25, -0.2) is 9.97 Å². The summed E-state index contributed by atoms with van der Waals surface area (Å²) in [7, 11) is 0. The molecule has 2 nitrogen and oxygen atoms in total. The lowest BCUT2D eigenvalue weighted by atomic mass is 9.87. The van der Waals surface area contributed by atoms with E-state index in [1.807, 2.05) is 6.20 Å². The Morgan fingerprint density at radius 3 is 2.25 bits per heavy atom. The molecule has 0 aliphatic carbocycles. The van der Waals surface area contributed by atoms with Crippen molar-refractivity contribution in [2.75, 3.05) is 0 Å². The fourth-order valence-corrected chi connectivity index (χ4v) is 3.04. The van der Waals surface area contributed by atoms with Gasteiger partial charge in [-0.15, -0.1) is 0 Å². The molecular weight excluding hydrogens is 292 g/mol. The SMILES string of the molecule is CC(C)(C)c1ccc(-c2ncc3c(ccc4ccccc43)n2)cc1. The van der Waals surface area contributed by atoms with Gasteiger partial charge in [-0.3, -0.25) is 0 Å².